The molecule has 2 aliphatic rings. The fourth-order valence-electron chi connectivity index (χ4n) is 5.42. The van der Waals surface area contributed by atoms with Gasteiger partial charge < -0.3 is 16.4 Å². The first-order valence-corrected chi connectivity index (χ1v) is 12.3. The molecule has 0 saturated heterocycles. The van der Waals surface area contributed by atoms with Crippen molar-refractivity contribution in [1.82, 2.24) is 14.7 Å². The first kappa shape index (κ1) is 23.6. The van der Waals surface area contributed by atoms with Crippen LogP contribution in [0.5, 0.6) is 0 Å². The van der Waals surface area contributed by atoms with Crippen LogP contribution in [0.3, 0.4) is 0 Å². The molecule has 2 aliphatic heterocycles. The van der Waals surface area contributed by atoms with E-state index in [0.717, 1.165) is 10.8 Å². The number of carbonyl (C=O) groups is 4. The lowest BCUT2D eigenvalue weighted by atomic mass is 9.93. The molecule has 6 rings (SSSR count). The molecule has 4 aromatic rings. The first-order valence-electron chi connectivity index (χ1n) is 12.3. The largest absolute Gasteiger partial charge is 0.399 e. The SMILES string of the molecule is CN(CCN1C(=O)c2cccc3cc(N)cc(c23)C1=O)CCN1C(=O)c2cccc3cc(N)cc(c23)C1=O. The van der Waals surface area contributed by atoms with Gasteiger partial charge in [-0.25, -0.2) is 0 Å². The van der Waals surface area contributed by atoms with E-state index in [9.17, 15) is 19.2 Å². The van der Waals surface area contributed by atoms with E-state index in [1.807, 2.05) is 24.1 Å². The van der Waals surface area contributed by atoms with E-state index in [1.165, 1.54) is 9.80 Å². The number of imide groups is 2. The molecular weight excluding hydrogens is 482 g/mol. The maximum absolute atomic E-state index is 13.2. The average Bonchev–Trinajstić information content (AvgIpc) is 2.89. The van der Waals surface area contributed by atoms with Crippen LogP contribution in [0.15, 0.2) is 60.7 Å². The monoisotopic (exact) mass is 507 g/mol. The van der Waals surface area contributed by atoms with Gasteiger partial charge in [0.25, 0.3) is 23.6 Å². The van der Waals surface area contributed by atoms with Crippen LogP contribution >= 0.6 is 0 Å². The van der Waals surface area contributed by atoms with Crippen molar-refractivity contribution < 1.29 is 19.2 Å². The Hall–Kier alpha value is -4.76. The number of benzene rings is 4. The highest BCUT2D eigenvalue weighted by atomic mass is 16.2. The number of carbonyl (C=O) groups excluding carboxylic acids is 4. The smallest absolute Gasteiger partial charge is 0.261 e. The molecule has 0 unspecified atom stereocenters. The third-order valence-corrected chi connectivity index (χ3v) is 7.31. The van der Waals surface area contributed by atoms with Gasteiger partial charge in [0.2, 0.25) is 0 Å². The van der Waals surface area contributed by atoms with E-state index in [1.54, 1.807) is 48.5 Å². The van der Waals surface area contributed by atoms with Gasteiger partial charge in [-0.05, 0) is 54.2 Å². The predicted molar refractivity (Wildman–Crippen MR) is 145 cm³/mol. The Morgan fingerprint density at radius 2 is 1.00 bits per heavy atom. The lowest BCUT2D eigenvalue weighted by Crippen LogP contribution is -2.47. The van der Waals surface area contributed by atoms with Crippen molar-refractivity contribution >= 4 is 56.5 Å². The molecule has 4 aromatic carbocycles. The second-order valence-electron chi connectivity index (χ2n) is 9.77. The molecule has 0 spiro atoms. The van der Waals surface area contributed by atoms with Crippen molar-refractivity contribution in [2.45, 2.75) is 0 Å². The van der Waals surface area contributed by atoms with Crippen molar-refractivity contribution in [3.63, 3.8) is 0 Å². The molecular formula is C29H25N5O4. The molecule has 0 aromatic heterocycles. The number of amides is 4. The number of nitrogens with two attached hydrogens (primary N) is 2. The molecule has 0 bridgehead atoms. The van der Waals surface area contributed by atoms with Crippen molar-refractivity contribution in [1.29, 1.82) is 0 Å². The van der Waals surface area contributed by atoms with Gasteiger partial charge in [-0.15, -0.1) is 0 Å². The summed E-state index contributed by atoms with van der Waals surface area (Å²) in [4.78, 5) is 57.2. The molecule has 0 atom stereocenters. The van der Waals surface area contributed by atoms with Crippen LogP contribution in [-0.4, -0.2) is 71.6 Å². The Bertz CT molecular complexity index is 1590. The highest BCUT2D eigenvalue weighted by Gasteiger charge is 2.34. The molecule has 9 nitrogen and oxygen atoms in total. The summed E-state index contributed by atoms with van der Waals surface area (Å²) in [5.74, 6) is -1.48. The van der Waals surface area contributed by atoms with Gasteiger partial charge >= 0.3 is 0 Å². The third kappa shape index (κ3) is 3.59. The average molecular weight is 508 g/mol. The number of anilines is 2. The molecule has 0 saturated carbocycles. The molecule has 38 heavy (non-hydrogen) atoms. The zero-order chi connectivity index (χ0) is 26.7. The van der Waals surface area contributed by atoms with E-state index in [2.05, 4.69) is 0 Å². The third-order valence-electron chi connectivity index (χ3n) is 7.31. The van der Waals surface area contributed by atoms with Crippen molar-refractivity contribution in [3.8, 4) is 0 Å². The fraction of sp³-hybridized carbons (Fsp3) is 0.172. The van der Waals surface area contributed by atoms with Crippen LogP contribution in [0.4, 0.5) is 11.4 Å². The summed E-state index contributed by atoms with van der Waals surface area (Å²) in [5.41, 5.74) is 14.7. The molecule has 4 N–H and O–H groups in total. The number of rotatable bonds is 6. The molecule has 2 heterocycles. The van der Waals surface area contributed by atoms with Crippen LogP contribution in [0.2, 0.25) is 0 Å². The van der Waals surface area contributed by atoms with Crippen LogP contribution in [-0.2, 0) is 0 Å². The molecule has 4 amide bonds. The lowest BCUT2D eigenvalue weighted by molar-refractivity contribution is 0.0588. The lowest BCUT2D eigenvalue weighted by Gasteiger charge is -2.31. The van der Waals surface area contributed by atoms with Gasteiger partial charge in [-0.3, -0.25) is 29.0 Å². The number of hydrogen-bond acceptors (Lipinski definition) is 7. The Labute approximate surface area is 218 Å². The predicted octanol–water partition coefficient (Wildman–Crippen LogP) is 2.98. The van der Waals surface area contributed by atoms with Crippen molar-refractivity contribution in [2.75, 3.05) is 44.7 Å². The molecule has 9 heteroatoms. The van der Waals surface area contributed by atoms with E-state index in [0.29, 0.717) is 57.5 Å². The normalized spacial score (nSPS) is 14.9. The topological polar surface area (TPSA) is 130 Å². The van der Waals surface area contributed by atoms with Gasteiger partial charge in [0.15, 0.2) is 0 Å². The maximum Gasteiger partial charge on any atom is 0.261 e. The summed E-state index contributed by atoms with van der Waals surface area (Å²) in [7, 11) is 1.82. The highest BCUT2D eigenvalue weighted by molar-refractivity contribution is 6.27. The summed E-state index contributed by atoms with van der Waals surface area (Å²) >= 11 is 0. The van der Waals surface area contributed by atoms with Gasteiger partial charge in [0.1, 0.15) is 0 Å². The Kier molecular flexibility index (Phi) is 5.39. The Morgan fingerprint density at radius 1 is 0.605 bits per heavy atom. The van der Waals surface area contributed by atoms with E-state index < -0.39 is 0 Å². The minimum atomic E-state index is -0.386. The quantitative estimate of drug-likeness (QED) is 0.303. The summed E-state index contributed by atoms with van der Waals surface area (Å²) < 4.78 is 0. The van der Waals surface area contributed by atoms with Crippen molar-refractivity contribution in [3.05, 3.63) is 82.9 Å². The maximum atomic E-state index is 13.2. The number of nitrogen functional groups attached to an aromatic ring is 2. The molecule has 0 fully saturated rings. The fourth-order valence-corrected chi connectivity index (χ4v) is 5.42. The minimum absolute atomic E-state index is 0.152. The van der Waals surface area contributed by atoms with Gasteiger partial charge in [-0.2, -0.15) is 0 Å². The molecule has 190 valence electrons. The molecule has 0 radical (unpaired) electrons. The second-order valence-corrected chi connectivity index (χ2v) is 9.77. The first-order chi connectivity index (χ1) is 18.2. The van der Waals surface area contributed by atoms with E-state index in [4.69, 9.17) is 11.5 Å². The Balaban J connectivity index is 1.16. The summed E-state index contributed by atoms with van der Waals surface area (Å²) in [6.07, 6.45) is 0. The number of likely N-dealkylation sites (N-methyl/N-ethyl adjacent to an activating group) is 1. The second kappa shape index (κ2) is 8.67. The summed E-state index contributed by atoms with van der Waals surface area (Å²) in [6, 6.07) is 17.4. The van der Waals surface area contributed by atoms with E-state index in [-0.39, 0.29) is 36.7 Å². The highest BCUT2D eigenvalue weighted by Crippen LogP contribution is 2.33. The van der Waals surface area contributed by atoms with Crippen molar-refractivity contribution in [2.24, 2.45) is 0 Å². The van der Waals surface area contributed by atoms with Gasteiger partial charge in [-0.1, -0.05) is 24.3 Å². The zero-order valence-electron chi connectivity index (χ0n) is 20.7. The Morgan fingerprint density at radius 3 is 1.42 bits per heavy atom. The number of nitrogens with zero attached hydrogens (tertiary/aromatic N) is 3. The van der Waals surface area contributed by atoms with Crippen LogP contribution in [0.1, 0.15) is 41.4 Å². The van der Waals surface area contributed by atoms with Gasteiger partial charge in [0, 0.05) is 59.5 Å². The molecule has 0 aliphatic carbocycles. The standard InChI is InChI=1S/C29H25N5O4/c1-32(8-10-33-26(35)20-6-2-4-16-12-18(30)14-22(24(16)20)28(33)37)9-11-34-27(36)21-7-3-5-17-13-19(31)15-23(25(17)21)29(34)38/h2-7,12-15H,8-11,30-31H2,1H3. The van der Waals surface area contributed by atoms with Gasteiger partial charge in [0.05, 0.1) is 11.1 Å². The zero-order valence-corrected chi connectivity index (χ0v) is 20.7. The minimum Gasteiger partial charge on any atom is -0.399 e. The van der Waals surface area contributed by atoms with E-state index >= 15 is 0 Å². The summed E-state index contributed by atoms with van der Waals surface area (Å²) in [6.45, 7) is 1.03. The summed E-state index contributed by atoms with van der Waals surface area (Å²) in [5, 5.41) is 2.76. The number of hydrogen-bond donors (Lipinski definition) is 2. The van der Waals surface area contributed by atoms with Crippen LogP contribution in [0.25, 0.3) is 21.5 Å². The van der Waals surface area contributed by atoms with Crippen LogP contribution in [0, 0.1) is 0 Å². The van der Waals surface area contributed by atoms with Crippen LogP contribution < -0.4 is 11.5 Å².